The number of carboxylic acid groups (broad SMARTS) is 1. The Kier molecular flexibility index (Phi) is 5.05. The van der Waals surface area contributed by atoms with Gasteiger partial charge in [-0.15, -0.1) is 0 Å². The molecule has 0 spiro atoms. The third-order valence-corrected chi connectivity index (χ3v) is 3.37. The van der Waals surface area contributed by atoms with E-state index in [0.717, 1.165) is 10.0 Å². The summed E-state index contributed by atoms with van der Waals surface area (Å²) in [6.07, 6.45) is 2.84. The van der Waals surface area contributed by atoms with Crippen molar-refractivity contribution in [3.63, 3.8) is 0 Å². The second-order valence-corrected chi connectivity index (χ2v) is 5.33. The lowest BCUT2D eigenvalue weighted by Gasteiger charge is -2.17. The molecule has 2 rings (SSSR count). The minimum atomic E-state index is -0.977. The topological polar surface area (TPSA) is 79.3 Å². The maximum Gasteiger partial charge on any atom is 0.305 e. The number of hydrogen-bond acceptors (Lipinski definition) is 3. The van der Waals surface area contributed by atoms with Crippen LogP contribution < -0.4 is 5.32 Å². The van der Waals surface area contributed by atoms with Gasteiger partial charge in [-0.05, 0) is 29.8 Å². The predicted molar refractivity (Wildman–Crippen MR) is 80.8 cm³/mol. The van der Waals surface area contributed by atoms with Crippen molar-refractivity contribution in [3.05, 3.63) is 64.4 Å². The molecule has 0 aliphatic rings. The maximum absolute atomic E-state index is 12.2. The number of amides is 1. The number of carboxylic acids is 1. The number of rotatable bonds is 5. The first-order valence-corrected chi connectivity index (χ1v) is 7.03. The summed E-state index contributed by atoms with van der Waals surface area (Å²) in [7, 11) is 0. The average molecular weight is 349 g/mol. The highest BCUT2D eigenvalue weighted by Crippen LogP contribution is 2.21. The third-order valence-electron chi connectivity index (χ3n) is 2.88. The Hall–Kier alpha value is -2.21. The Labute approximate surface area is 130 Å². The smallest absolute Gasteiger partial charge is 0.305 e. The quantitative estimate of drug-likeness (QED) is 0.870. The Morgan fingerprint density at radius 1 is 1.24 bits per heavy atom. The van der Waals surface area contributed by atoms with Crippen LogP contribution in [0, 0.1) is 0 Å². The number of pyridine rings is 1. The molecule has 0 saturated heterocycles. The van der Waals surface area contributed by atoms with Crippen LogP contribution in [-0.2, 0) is 4.79 Å². The van der Waals surface area contributed by atoms with E-state index in [1.54, 1.807) is 30.3 Å². The molecule has 21 heavy (non-hydrogen) atoms. The van der Waals surface area contributed by atoms with Gasteiger partial charge in [0, 0.05) is 22.4 Å². The molecule has 2 N–H and O–H groups in total. The second kappa shape index (κ2) is 6.99. The Morgan fingerprint density at radius 3 is 2.57 bits per heavy atom. The normalized spacial score (nSPS) is 11.7. The lowest BCUT2D eigenvalue weighted by atomic mass is 10.0. The lowest BCUT2D eigenvalue weighted by Crippen LogP contribution is -2.30. The van der Waals surface area contributed by atoms with Crippen LogP contribution in [0.15, 0.2) is 53.3 Å². The number of aliphatic carboxylic acids is 1. The van der Waals surface area contributed by atoms with Crippen molar-refractivity contribution in [1.82, 2.24) is 10.3 Å². The highest BCUT2D eigenvalue weighted by molar-refractivity contribution is 9.10. The van der Waals surface area contributed by atoms with Gasteiger partial charge in [-0.25, -0.2) is 0 Å². The van der Waals surface area contributed by atoms with E-state index in [9.17, 15) is 9.59 Å². The summed E-state index contributed by atoms with van der Waals surface area (Å²) < 4.78 is 0.827. The maximum atomic E-state index is 12.2. The van der Waals surface area contributed by atoms with Crippen LogP contribution in [0.4, 0.5) is 0 Å². The molecular formula is C15H13BrN2O3. The first kappa shape index (κ1) is 15.2. The molecule has 6 heteroatoms. The summed E-state index contributed by atoms with van der Waals surface area (Å²) in [5.41, 5.74) is 1.17. The number of nitrogens with one attached hydrogen (secondary N) is 1. The van der Waals surface area contributed by atoms with Gasteiger partial charge < -0.3 is 10.4 Å². The Morgan fingerprint density at radius 2 is 1.95 bits per heavy atom. The fourth-order valence-electron chi connectivity index (χ4n) is 1.90. The molecule has 0 radical (unpaired) electrons. The summed E-state index contributed by atoms with van der Waals surface area (Å²) in [5.74, 6) is -1.31. The summed E-state index contributed by atoms with van der Waals surface area (Å²) in [6, 6.07) is 9.77. The van der Waals surface area contributed by atoms with Crippen LogP contribution in [-0.4, -0.2) is 22.0 Å². The predicted octanol–water partition coefficient (Wildman–Crippen LogP) is 2.79. The van der Waals surface area contributed by atoms with Crippen molar-refractivity contribution in [2.75, 3.05) is 0 Å². The monoisotopic (exact) mass is 348 g/mol. The molecule has 0 aliphatic heterocycles. The molecule has 5 nitrogen and oxygen atoms in total. The lowest BCUT2D eigenvalue weighted by molar-refractivity contribution is -0.137. The first-order chi connectivity index (χ1) is 10.1. The highest BCUT2D eigenvalue weighted by Gasteiger charge is 2.19. The van der Waals surface area contributed by atoms with E-state index in [0.29, 0.717) is 5.56 Å². The number of nitrogens with zero attached hydrogens (tertiary/aromatic N) is 1. The van der Waals surface area contributed by atoms with Gasteiger partial charge in [0.05, 0.1) is 12.5 Å². The number of carbonyl (C=O) groups is 2. The van der Waals surface area contributed by atoms with Gasteiger partial charge in [-0.2, -0.15) is 0 Å². The highest BCUT2D eigenvalue weighted by atomic mass is 79.9. The van der Waals surface area contributed by atoms with Crippen molar-refractivity contribution >= 4 is 27.8 Å². The van der Waals surface area contributed by atoms with E-state index in [1.807, 2.05) is 6.07 Å². The van der Waals surface area contributed by atoms with Gasteiger partial charge in [0.1, 0.15) is 0 Å². The summed E-state index contributed by atoms with van der Waals surface area (Å²) in [4.78, 5) is 27.0. The van der Waals surface area contributed by atoms with Crippen LogP contribution in [0.5, 0.6) is 0 Å². The zero-order valence-electron chi connectivity index (χ0n) is 11.0. The van der Waals surface area contributed by atoms with E-state index < -0.39 is 12.0 Å². The summed E-state index contributed by atoms with van der Waals surface area (Å²) in [6.45, 7) is 0. The van der Waals surface area contributed by atoms with Crippen LogP contribution in [0.3, 0.4) is 0 Å². The van der Waals surface area contributed by atoms with Gasteiger partial charge in [0.2, 0.25) is 0 Å². The zero-order valence-corrected chi connectivity index (χ0v) is 12.6. The molecule has 108 valence electrons. The molecule has 1 unspecified atom stereocenters. The number of halogens is 1. The minimum absolute atomic E-state index is 0.187. The standard InChI is InChI=1S/C15H13BrN2O3/c16-12-3-1-2-11(8-12)13(9-14(19)20)18-15(21)10-4-6-17-7-5-10/h1-8,13H,9H2,(H,18,21)(H,19,20). The van der Waals surface area contributed by atoms with E-state index in [1.165, 1.54) is 12.4 Å². The molecule has 0 bridgehead atoms. The fraction of sp³-hybridized carbons (Fsp3) is 0.133. The number of carbonyl (C=O) groups excluding carboxylic acids is 1. The van der Waals surface area contributed by atoms with Crippen molar-refractivity contribution in [2.45, 2.75) is 12.5 Å². The van der Waals surface area contributed by atoms with Gasteiger partial charge >= 0.3 is 5.97 Å². The number of hydrogen-bond donors (Lipinski definition) is 2. The molecule has 1 atom stereocenters. The van der Waals surface area contributed by atoms with Crippen LogP contribution in [0.2, 0.25) is 0 Å². The molecule has 0 aliphatic carbocycles. The van der Waals surface area contributed by atoms with Crippen molar-refractivity contribution in [1.29, 1.82) is 0 Å². The van der Waals surface area contributed by atoms with E-state index in [-0.39, 0.29) is 12.3 Å². The van der Waals surface area contributed by atoms with Crippen molar-refractivity contribution < 1.29 is 14.7 Å². The van der Waals surface area contributed by atoms with E-state index in [4.69, 9.17) is 5.11 Å². The van der Waals surface area contributed by atoms with Gasteiger partial charge in [-0.1, -0.05) is 28.1 Å². The Balaban J connectivity index is 2.21. The van der Waals surface area contributed by atoms with Crippen LogP contribution >= 0.6 is 15.9 Å². The molecule has 1 aromatic carbocycles. The second-order valence-electron chi connectivity index (χ2n) is 4.41. The molecule has 1 aromatic heterocycles. The van der Waals surface area contributed by atoms with E-state index in [2.05, 4.69) is 26.2 Å². The minimum Gasteiger partial charge on any atom is -0.481 e. The number of aromatic nitrogens is 1. The molecule has 1 heterocycles. The summed E-state index contributed by atoms with van der Waals surface area (Å²) >= 11 is 3.34. The van der Waals surface area contributed by atoms with E-state index >= 15 is 0 Å². The van der Waals surface area contributed by atoms with Crippen LogP contribution in [0.25, 0.3) is 0 Å². The SMILES string of the molecule is O=C(O)CC(NC(=O)c1ccncc1)c1cccc(Br)c1. The molecule has 1 amide bonds. The van der Waals surface area contributed by atoms with Gasteiger partial charge in [-0.3, -0.25) is 14.6 Å². The van der Waals surface area contributed by atoms with Gasteiger partial charge in [0.15, 0.2) is 0 Å². The number of benzene rings is 1. The van der Waals surface area contributed by atoms with Crippen molar-refractivity contribution in [3.8, 4) is 0 Å². The molecular weight excluding hydrogens is 336 g/mol. The average Bonchev–Trinajstić information content (AvgIpc) is 2.47. The molecule has 0 fully saturated rings. The molecule has 2 aromatic rings. The van der Waals surface area contributed by atoms with Crippen LogP contribution in [0.1, 0.15) is 28.4 Å². The third kappa shape index (κ3) is 4.39. The van der Waals surface area contributed by atoms with Crippen molar-refractivity contribution in [2.24, 2.45) is 0 Å². The first-order valence-electron chi connectivity index (χ1n) is 6.24. The summed E-state index contributed by atoms with van der Waals surface area (Å²) in [5, 5.41) is 11.8. The Bertz CT molecular complexity index is 646. The van der Waals surface area contributed by atoms with Gasteiger partial charge in [0.25, 0.3) is 5.91 Å². The largest absolute Gasteiger partial charge is 0.481 e. The fourth-order valence-corrected chi connectivity index (χ4v) is 2.31. The zero-order chi connectivity index (χ0) is 15.2. The molecule has 0 saturated carbocycles.